The fourth-order valence-corrected chi connectivity index (χ4v) is 3.93. The van der Waals surface area contributed by atoms with Gasteiger partial charge in [0.1, 0.15) is 5.75 Å². The van der Waals surface area contributed by atoms with Crippen LogP contribution < -0.4 is 15.0 Å². The molecule has 0 aliphatic carbocycles. The first-order valence-corrected chi connectivity index (χ1v) is 9.27. The van der Waals surface area contributed by atoms with Gasteiger partial charge >= 0.3 is 0 Å². The number of benzene rings is 2. The van der Waals surface area contributed by atoms with Gasteiger partial charge in [-0.3, -0.25) is 4.79 Å². The molecule has 0 saturated carbocycles. The van der Waals surface area contributed by atoms with E-state index in [1.165, 1.54) is 31.6 Å². The molecule has 3 aliphatic heterocycles. The summed E-state index contributed by atoms with van der Waals surface area (Å²) in [4.78, 5) is 17.5. The third-order valence-corrected chi connectivity index (χ3v) is 5.44. The molecule has 2 bridgehead atoms. The second kappa shape index (κ2) is 7.38. The fourth-order valence-electron chi connectivity index (χ4n) is 3.93. The Hall–Kier alpha value is -2.53. The van der Waals surface area contributed by atoms with Crippen LogP contribution in [0.5, 0.6) is 5.75 Å². The van der Waals surface area contributed by atoms with Gasteiger partial charge in [-0.25, -0.2) is 0 Å². The van der Waals surface area contributed by atoms with Gasteiger partial charge in [-0.05, 0) is 55.3 Å². The van der Waals surface area contributed by atoms with Gasteiger partial charge in [0.05, 0.1) is 7.11 Å². The number of carbonyl (C=O) groups is 1. The molecule has 0 radical (unpaired) electrons. The van der Waals surface area contributed by atoms with Crippen molar-refractivity contribution in [3.8, 4) is 5.75 Å². The van der Waals surface area contributed by atoms with Crippen molar-refractivity contribution in [1.29, 1.82) is 0 Å². The number of nitrogens with zero attached hydrogens (tertiary/aromatic N) is 2. The number of amides is 1. The Labute approximate surface area is 154 Å². The van der Waals surface area contributed by atoms with Crippen LogP contribution in [0.4, 0.5) is 11.4 Å². The van der Waals surface area contributed by atoms with E-state index >= 15 is 0 Å². The summed E-state index contributed by atoms with van der Waals surface area (Å²) in [5.74, 6) is 0.553. The number of anilines is 2. The highest BCUT2D eigenvalue weighted by Crippen LogP contribution is 2.27. The lowest BCUT2D eigenvalue weighted by molar-refractivity contribution is 0.102. The summed E-state index contributed by atoms with van der Waals surface area (Å²) in [5.41, 5.74) is 2.65. The van der Waals surface area contributed by atoms with Gasteiger partial charge in [-0.1, -0.05) is 6.07 Å². The average molecular weight is 351 g/mol. The number of hydrogen-bond acceptors (Lipinski definition) is 4. The molecule has 3 saturated heterocycles. The van der Waals surface area contributed by atoms with E-state index in [0.29, 0.717) is 17.4 Å². The Balaban J connectivity index is 1.45. The molecule has 26 heavy (non-hydrogen) atoms. The minimum absolute atomic E-state index is 0.127. The molecule has 1 N–H and O–H groups in total. The third-order valence-electron chi connectivity index (χ3n) is 5.44. The van der Waals surface area contributed by atoms with Crippen LogP contribution in [0.1, 0.15) is 23.2 Å². The molecule has 0 unspecified atom stereocenters. The highest BCUT2D eigenvalue weighted by atomic mass is 16.5. The highest BCUT2D eigenvalue weighted by molar-refractivity contribution is 6.04. The Morgan fingerprint density at radius 1 is 1.04 bits per heavy atom. The van der Waals surface area contributed by atoms with E-state index in [2.05, 4.69) is 27.2 Å². The largest absolute Gasteiger partial charge is 0.497 e. The summed E-state index contributed by atoms with van der Waals surface area (Å²) < 4.78 is 5.18. The maximum atomic E-state index is 12.4. The number of piperidine rings is 1. The SMILES string of the molecule is COc1cccc(C(=O)Nc2ccc(N3CCN4CCC3CC4)cc2)c1. The van der Waals surface area contributed by atoms with Crippen LogP contribution in [0.25, 0.3) is 0 Å². The second-order valence-electron chi connectivity index (χ2n) is 7.00. The van der Waals surface area contributed by atoms with Crippen LogP contribution in [-0.2, 0) is 0 Å². The number of ether oxygens (including phenoxy) is 1. The maximum Gasteiger partial charge on any atom is 0.255 e. The van der Waals surface area contributed by atoms with Gasteiger partial charge in [-0.2, -0.15) is 0 Å². The van der Waals surface area contributed by atoms with E-state index in [0.717, 1.165) is 18.8 Å². The molecule has 5 rings (SSSR count). The molecule has 3 aliphatic rings. The van der Waals surface area contributed by atoms with Crippen molar-refractivity contribution in [2.45, 2.75) is 18.9 Å². The van der Waals surface area contributed by atoms with E-state index in [1.807, 2.05) is 24.3 Å². The van der Waals surface area contributed by atoms with Gasteiger partial charge in [0, 0.05) is 49.2 Å². The predicted molar refractivity (Wildman–Crippen MR) is 104 cm³/mol. The van der Waals surface area contributed by atoms with E-state index in [-0.39, 0.29) is 5.91 Å². The number of hydrogen-bond donors (Lipinski definition) is 1. The standard InChI is InChI=1S/C21H25N3O2/c1-26-20-4-2-3-16(15-20)21(25)22-17-5-7-18(8-6-17)24-14-13-23-11-9-19(24)10-12-23/h2-8,15,19H,9-14H2,1H3,(H,22,25). The molecule has 2 aromatic rings. The van der Waals surface area contributed by atoms with Gasteiger partial charge < -0.3 is 19.9 Å². The average Bonchev–Trinajstić information content (AvgIpc) is 3.02. The van der Waals surface area contributed by atoms with Crippen LogP contribution in [0, 0.1) is 0 Å². The lowest BCUT2D eigenvalue weighted by Gasteiger charge is -2.33. The monoisotopic (exact) mass is 351 g/mol. The van der Waals surface area contributed by atoms with Gasteiger partial charge in [0.15, 0.2) is 0 Å². The Morgan fingerprint density at radius 2 is 1.81 bits per heavy atom. The van der Waals surface area contributed by atoms with Crippen molar-refractivity contribution < 1.29 is 9.53 Å². The molecule has 2 aromatic carbocycles. The second-order valence-corrected chi connectivity index (χ2v) is 7.00. The zero-order valence-electron chi connectivity index (χ0n) is 15.1. The van der Waals surface area contributed by atoms with Crippen molar-refractivity contribution in [1.82, 2.24) is 4.90 Å². The summed E-state index contributed by atoms with van der Waals surface area (Å²) in [7, 11) is 1.60. The lowest BCUT2D eigenvalue weighted by atomic mass is 10.0. The van der Waals surface area contributed by atoms with Crippen molar-refractivity contribution in [2.75, 3.05) is 43.5 Å². The lowest BCUT2D eigenvalue weighted by Crippen LogP contribution is -2.37. The number of methoxy groups -OCH3 is 1. The zero-order chi connectivity index (χ0) is 17.9. The molecule has 0 aromatic heterocycles. The summed E-state index contributed by atoms with van der Waals surface area (Å²) in [5, 5.41) is 2.96. The Morgan fingerprint density at radius 3 is 2.54 bits per heavy atom. The van der Waals surface area contributed by atoms with Crippen LogP contribution in [0.3, 0.4) is 0 Å². The first-order chi connectivity index (χ1) is 12.7. The number of rotatable bonds is 4. The molecule has 136 valence electrons. The molecule has 0 spiro atoms. The summed E-state index contributed by atoms with van der Waals surface area (Å²) >= 11 is 0. The van der Waals surface area contributed by atoms with Crippen molar-refractivity contribution in [2.24, 2.45) is 0 Å². The predicted octanol–water partition coefficient (Wildman–Crippen LogP) is 3.23. The van der Waals surface area contributed by atoms with E-state index in [4.69, 9.17) is 4.74 Å². The molecular formula is C21H25N3O2. The van der Waals surface area contributed by atoms with Gasteiger partial charge in [-0.15, -0.1) is 0 Å². The van der Waals surface area contributed by atoms with Crippen molar-refractivity contribution >= 4 is 17.3 Å². The van der Waals surface area contributed by atoms with Gasteiger partial charge in [0.25, 0.3) is 5.91 Å². The van der Waals surface area contributed by atoms with Gasteiger partial charge in [0.2, 0.25) is 0 Å². The molecule has 5 nitrogen and oxygen atoms in total. The maximum absolute atomic E-state index is 12.4. The van der Waals surface area contributed by atoms with Crippen LogP contribution in [-0.4, -0.2) is 50.1 Å². The van der Waals surface area contributed by atoms with Crippen molar-refractivity contribution in [3.05, 3.63) is 54.1 Å². The smallest absolute Gasteiger partial charge is 0.255 e. The Kier molecular flexibility index (Phi) is 4.80. The fraction of sp³-hybridized carbons (Fsp3) is 0.381. The van der Waals surface area contributed by atoms with E-state index in [1.54, 1.807) is 19.2 Å². The first kappa shape index (κ1) is 16.9. The Bertz CT molecular complexity index is 767. The molecule has 3 heterocycles. The molecule has 1 amide bonds. The first-order valence-electron chi connectivity index (χ1n) is 9.27. The highest BCUT2D eigenvalue weighted by Gasteiger charge is 2.28. The van der Waals surface area contributed by atoms with Crippen LogP contribution in [0.15, 0.2) is 48.5 Å². The van der Waals surface area contributed by atoms with Crippen LogP contribution >= 0.6 is 0 Å². The summed E-state index contributed by atoms with van der Waals surface area (Å²) in [6, 6.07) is 16.0. The molecule has 5 heteroatoms. The molecule has 3 fully saturated rings. The number of fused-ring (bicyclic) bond motifs is 4. The van der Waals surface area contributed by atoms with Crippen LogP contribution in [0.2, 0.25) is 0 Å². The quantitative estimate of drug-likeness (QED) is 0.919. The topological polar surface area (TPSA) is 44.8 Å². The minimum Gasteiger partial charge on any atom is -0.497 e. The van der Waals surface area contributed by atoms with E-state index in [9.17, 15) is 4.79 Å². The van der Waals surface area contributed by atoms with Crippen molar-refractivity contribution in [3.63, 3.8) is 0 Å². The summed E-state index contributed by atoms with van der Waals surface area (Å²) in [6.07, 6.45) is 2.49. The zero-order valence-corrected chi connectivity index (χ0v) is 15.1. The normalized spacial score (nSPS) is 22.0. The minimum atomic E-state index is -0.127. The molecular weight excluding hydrogens is 326 g/mol. The van der Waals surface area contributed by atoms with E-state index < -0.39 is 0 Å². The number of nitrogens with one attached hydrogen (secondary N) is 1. The summed E-state index contributed by atoms with van der Waals surface area (Å²) in [6.45, 7) is 4.66. The molecule has 0 atom stereocenters. The number of carbonyl (C=O) groups excluding carboxylic acids is 1. The third kappa shape index (κ3) is 3.53.